The van der Waals surface area contributed by atoms with E-state index < -0.39 is 11.9 Å². The molecule has 0 heterocycles. The molecular weight excluding hydrogens is 224 g/mol. The lowest BCUT2D eigenvalue weighted by Gasteiger charge is -2.18. The fraction of sp³-hybridized carbons (Fsp3) is 0.308. The minimum absolute atomic E-state index is 0.170. The molecule has 1 aliphatic carbocycles. The Morgan fingerprint density at radius 2 is 2.12 bits per heavy atom. The molecule has 16 heavy (non-hydrogen) atoms. The van der Waals surface area contributed by atoms with Gasteiger partial charge in [0.1, 0.15) is 0 Å². The van der Waals surface area contributed by atoms with Gasteiger partial charge in [-0.2, -0.15) is 0 Å². The van der Waals surface area contributed by atoms with Gasteiger partial charge in [0.2, 0.25) is 0 Å². The van der Waals surface area contributed by atoms with Gasteiger partial charge in [-0.15, -0.1) is 0 Å². The smallest absolute Gasteiger partial charge is 0.306 e. The molecule has 0 bridgehead atoms. The fourth-order valence-corrected chi connectivity index (χ4v) is 1.84. The summed E-state index contributed by atoms with van der Waals surface area (Å²) in [6.45, 7) is 0. The zero-order valence-corrected chi connectivity index (χ0v) is 9.27. The third-order valence-electron chi connectivity index (χ3n) is 2.68. The third-order valence-corrected chi connectivity index (χ3v) is 2.86. The number of halogens is 1. The molecular formula is C13H13ClO2. The number of aliphatic carboxylic acids is 1. The van der Waals surface area contributed by atoms with Crippen molar-refractivity contribution in [3.63, 3.8) is 0 Å². The van der Waals surface area contributed by atoms with Crippen LogP contribution in [0.25, 0.3) is 5.57 Å². The monoisotopic (exact) mass is 240 g/mol. The molecule has 84 valence electrons. The zero-order chi connectivity index (χ0) is 15.0. The van der Waals surface area contributed by atoms with Crippen molar-refractivity contribution in [3.05, 3.63) is 40.8 Å². The molecule has 1 atom stereocenters. The Balaban J connectivity index is 2.47. The molecule has 0 radical (unpaired) electrons. The molecule has 2 rings (SSSR count). The molecule has 2 nitrogen and oxygen atoms in total. The number of rotatable bonds is 2. The fourth-order valence-electron chi connectivity index (χ4n) is 1.74. The maximum Gasteiger partial charge on any atom is 0.306 e. The summed E-state index contributed by atoms with van der Waals surface area (Å²) < 4.78 is 31.2. The number of benzene rings is 1. The Kier molecular flexibility index (Phi) is 2.10. The molecule has 0 amide bonds. The van der Waals surface area contributed by atoms with Crippen LogP contribution in [0.2, 0.25) is 5.02 Å². The highest BCUT2D eigenvalue weighted by atomic mass is 35.5. The topological polar surface area (TPSA) is 37.3 Å². The second-order valence-electron chi connectivity index (χ2n) is 3.73. The average Bonchev–Trinajstić information content (AvgIpc) is 2.44. The van der Waals surface area contributed by atoms with Crippen molar-refractivity contribution >= 4 is 23.1 Å². The summed E-state index contributed by atoms with van der Waals surface area (Å²) in [5.41, 5.74) is 0.893. The molecule has 1 aromatic rings. The van der Waals surface area contributed by atoms with Crippen molar-refractivity contribution < 1.29 is 15.4 Å². The molecule has 3 heteroatoms. The van der Waals surface area contributed by atoms with Gasteiger partial charge in [-0.25, -0.2) is 0 Å². The van der Waals surface area contributed by atoms with Gasteiger partial charge in [0.25, 0.3) is 0 Å². The van der Waals surface area contributed by atoms with Crippen molar-refractivity contribution in [2.24, 2.45) is 5.92 Å². The zero-order valence-electron chi connectivity index (χ0n) is 12.5. The van der Waals surface area contributed by atoms with E-state index >= 15 is 0 Å². The van der Waals surface area contributed by atoms with Crippen LogP contribution >= 0.6 is 11.6 Å². The van der Waals surface area contributed by atoms with Crippen LogP contribution in [0.1, 0.15) is 30.3 Å². The SMILES string of the molecule is [2H]c1c([2H])c(C2=CCC(C(=O)O)CC2)c([2H])c([2H])c1Cl. The second kappa shape index (κ2) is 4.71. The van der Waals surface area contributed by atoms with Crippen LogP contribution in [0, 0.1) is 5.92 Å². The lowest BCUT2D eigenvalue weighted by Crippen LogP contribution is -2.15. The van der Waals surface area contributed by atoms with Crippen LogP contribution in [0.5, 0.6) is 0 Å². The van der Waals surface area contributed by atoms with Crippen molar-refractivity contribution in [1.29, 1.82) is 0 Å². The van der Waals surface area contributed by atoms with E-state index in [1.54, 1.807) is 6.08 Å². The number of allylic oxidation sites excluding steroid dienone is 2. The normalized spacial score (nSPS) is 23.8. The van der Waals surface area contributed by atoms with Gasteiger partial charge in [0, 0.05) is 5.02 Å². The van der Waals surface area contributed by atoms with E-state index in [1.165, 1.54) is 0 Å². The van der Waals surface area contributed by atoms with E-state index in [-0.39, 0.29) is 34.8 Å². The minimum Gasteiger partial charge on any atom is -0.481 e. The highest BCUT2D eigenvalue weighted by Gasteiger charge is 2.20. The van der Waals surface area contributed by atoms with Crippen molar-refractivity contribution in [2.45, 2.75) is 19.3 Å². The van der Waals surface area contributed by atoms with Gasteiger partial charge in [-0.1, -0.05) is 29.8 Å². The highest BCUT2D eigenvalue weighted by Crippen LogP contribution is 2.30. The average molecular weight is 241 g/mol. The molecule has 1 aromatic carbocycles. The lowest BCUT2D eigenvalue weighted by atomic mass is 9.87. The van der Waals surface area contributed by atoms with Gasteiger partial charge in [0.15, 0.2) is 0 Å². The Morgan fingerprint density at radius 3 is 2.62 bits per heavy atom. The van der Waals surface area contributed by atoms with E-state index in [0.717, 1.165) is 0 Å². The first-order valence-corrected chi connectivity index (χ1v) is 5.40. The Labute approximate surface area is 105 Å². The largest absolute Gasteiger partial charge is 0.481 e. The number of hydrogen-bond acceptors (Lipinski definition) is 1. The third kappa shape index (κ3) is 2.45. The molecule has 1 unspecified atom stereocenters. The maximum absolute atomic E-state index is 10.9. The first kappa shape index (κ1) is 7.13. The first-order valence-electron chi connectivity index (χ1n) is 7.02. The quantitative estimate of drug-likeness (QED) is 0.858. The van der Waals surface area contributed by atoms with Gasteiger partial charge < -0.3 is 5.11 Å². The molecule has 0 aliphatic heterocycles. The predicted octanol–water partition coefficient (Wildman–Crippen LogP) is 3.61. The van der Waals surface area contributed by atoms with E-state index in [9.17, 15) is 4.79 Å². The first-order chi connectivity index (χ1) is 9.34. The Hall–Kier alpha value is -1.28. The van der Waals surface area contributed by atoms with Crippen LogP contribution in [-0.4, -0.2) is 11.1 Å². The van der Waals surface area contributed by atoms with Gasteiger partial charge in [0.05, 0.1) is 11.4 Å². The van der Waals surface area contributed by atoms with Crippen molar-refractivity contribution in [2.75, 3.05) is 0 Å². The molecule has 0 fully saturated rings. The Morgan fingerprint density at radius 1 is 1.44 bits per heavy atom. The summed E-state index contributed by atoms with van der Waals surface area (Å²) >= 11 is 5.75. The molecule has 1 aliphatic rings. The van der Waals surface area contributed by atoms with E-state index in [2.05, 4.69) is 0 Å². The lowest BCUT2D eigenvalue weighted by molar-refractivity contribution is -0.141. The van der Waals surface area contributed by atoms with Crippen LogP contribution in [0.15, 0.2) is 30.2 Å². The van der Waals surface area contributed by atoms with E-state index in [1.807, 2.05) is 0 Å². The molecule has 0 saturated carbocycles. The minimum atomic E-state index is -0.851. The van der Waals surface area contributed by atoms with Gasteiger partial charge >= 0.3 is 5.97 Å². The summed E-state index contributed by atoms with van der Waals surface area (Å²) in [4.78, 5) is 10.9. The van der Waals surface area contributed by atoms with E-state index in [0.29, 0.717) is 24.8 Å². The van der Waals surface area contributed by atoms with Crippen LogP contribution in [-0.2, 0) is 4.79 Å². The maximum atomic E-state index is 10.9. The van der Waals surface area contributed by atoms with Crippen LogP contribution in [0.4, 0.5) is 0 Å². The summed E-state index contributed by atoms with van der Waals surface area (Å²) in [6.07, 6.45) is 2.89. The van der Waals surface area contributed by atoms with Gasteiger partial charge in [-0.05, 0) is 42.5 Å². The summed E-state index contributed by atoms with van der Waals surface area (Å²) in [5.74, 6) is -1.30. The van der Waals surface area contributed by atoms with Crippen LogP contribution < -0.4 is 0 Å². The van der Waals surface area contributed by atoms with E-state index in [4.69, 9.17) is 22.2 Å². The number of carboxylic acid groups (broad SMARTS) is 1. The summed E-state index contributed by atoms with van der Waals surface area (Å²) in [7, 11) is 0. The standard InChI is InChI=1S/C13H13ClO2/c14-12-7-5-10(6-8-12)9-1-3-11(4-2-9)13(15)16/h1,5-8,11H,2-4H2,(H,15,16)/i5D,6D,7D,8D. The second-order valence-corrected chi connectivity index (χ2v) is 4.11. The Bertz CT molecular complexity index is 584. The molecule has 0 saturated heterocycles. The highest BCUT2D eigenvalue weighted by molar-refractivity contribution is 6.30. The number of carbonyl (C=O) groups is 1. The molecule has 0 aromatic heterocycles. The number of carboxylic acids is 1. The number of hydrogen-bond donors (Lipinski definition) is 1. The van der Waals surface area contributed by atoms with Gasteiger partial charge in [-0.3, -0.25) is 4.79 Å². The predicted molar refractivity (Wildman–Crippen MR) is 64.4 cm³/mol. The summed E-state index contributed by atoms with van der Waals surface area (Å²) in [5, 5.41) is 8.76. The summed E-state index contributed by atoms with van der Waals surface area (Å²) in [6, 6.07) is -0.861. The van der Waals surface area contributed by atoms with Crippen molar-refractivity contribution in [1.82, 2.24) is 0 Å². The molecule has 1 N–H and O–H groups in total. The van der Waals surface area contributed by atoms with Crippen molar-refractivity contribution in [3.8, 4) is 0 Å². The molecule has 0 spiro atoms. The van der Waals surface area contributed by atoms with Crippen LogP contribution in [0.3, 0.4) is 0 Å².